The van der Waals surface area contributed by atoms with Gasteiger partial charge in [-0.15, -0.1) is 0 Å². The Labute approximate surface area is 197 Å². The van der Waals surface area contributed by atoms with E-state index >= 15 is 0 Å². The quantitative estimate of drug-likeness (QED) is 0.578. The maximum atomic E-state index is 13.8. The molecule has 0 radical (unpaired) electrons. The van der Waals surface area contributed by atoms with Gasteiger partial charge < -0.3 is 14.7 Å². The highest BCUT2D eigenvalue weighted by Gasteiger charge is 2.52. The Bertz CT molecular complexity index is 809. The van der Waals surface area contributed by atoms with Crippen LogP contribution in [0.15, 0.2) is 12.1 Å². The van der Waals surface area contributed by atoms with Crippen molar-refractivity contribution >= 4 is 34.8 Å². The first-order valence-electron chi connectivity index (χ1n) is 11.9. The van der Waals surface area contributed by atoms with E-state index in [0.29, 0.717) is 22.6 Å². The second-order valence-corrected chi connectivity index (χ2v) is 11.3. The van der Waals surface area contributed by atoms with E-state index < -0.39 is 5.41 Å². The van der Waals surface area contributed by atoms with Crippen molar-refractivity contribution in [1.29, 1.82) is 0 Å². The number of hydrogen-bond acceptors (Lipinski definition) is 3. The number of likely N-dealkylation sites (N-methyl/N-ethyl adjacent to an activating group) is 1. The highest BCUT2D eigenvalue weighted by atomic mass is 35.5. The Morgan fingerprint density at radius 1 is 1.06 bits per heavy atom. The summed E-state index contributed by atoms with van der Waals surface area (Å²) in [6.45, 7) is 8.21. The smallest absolute Gasteiger partial charge is 0.237 e. The van der Waals surface area contributed by atoms with Gasteiger partial charge in [-0.25, -0.2) is 0 Å². The molecule has 2 fully saturated rings. The number of likely N-dealkylation sites (tertiary alicyclic amines) is 1. The summed E-state index contributed by atoms with van der Waals surface area (Å²) in [6, 6.07) is 4.55. The zero-order valence-electron chi connectivity index (χ0n) is 19.5. The van der Waals surface area contributed by atoms with Crippen molar-refractivity contribution in [2.75, 3.05) is 45.2 Å². The second-order valence-electron chi connectivity index (χ2n) is 10.5. The fourth-order valence-corrected chi connectivity index (χ4v) is 6.36. The first-order valence-corrected chi connectivity index (χ1v) is 12.7. The third-order valence-corrected chi connectivity index (χ3v) is 8.84. The van der Waals surface area contributed by atoms with Gasteiger partial charge in [-0.3, -0.25) is 4.79 Å². The van der Waals surface area contributed by atoms with Gasteiger partial charge in [-0.2, -0.15) is 0 Å². The highest BCUT2D eigenvalue weighted by molar-refractivity contribution is 6.42. The normalized spacial score (nSPS) is 26.3. The van der Waals surface area contributed by atoms with Gasteiger partial charge in [0.05, 0.1) is 15.5 Å². The summed E-state index contributed by atoms with van der Waals surface area (Å²) >= 11 is 12.8. The molecule has 0 atom stereocenters. The fraction of sp³-hybridized carbons (Fsp3) is 0.720. The third-order valence-electron chi connectivity index (χ3n) is 8.12. The summed E-state index contributed by atoms with van der Waals surface area (Å²) in [5, 5.41) is 1.08. The minimum absolute atomic E-state index is 0.242. The number of rotatable bonds is 5. The van der Waals surface area contributed by atoms with Gasteiger partial charge in [-0.05, 0) is 95.2 Å². The van der Waals surface area contributed by atoms with Gasteiger partial charge in [0.25, 0.3) is 0 Å². The number of carbonyl (C=O) groups is 1. The number of anilines is 1. The molecule has 1 spiro atoms. The topological polar surface area (TPSA) is 26.8 Å². The van der Waals surface area contributed by atoms with Gasteiger partial charge >= 0.3 is 0 Å². The molecule has 31 heavy (non-hydrogen) atoms. The molecule has 0 aromatic heterocycles. The van der Waals surface area contributed by atoms with E-state index in [4.69, 9.17) is 23.2 Å². The zero-order valence-corrected chi connectivity index (χ0v) is 21.0. The largest absolute Gasteiger partial charge is 0.310 e. The molecule has 6 heteroatoms. The Kier molecular flexibility index (Phi) is 6.94. The summed E-state index contributed by atoms with van der Waals surface area (Å²) in [5.41, 5.74) is 1.61. The van der Waals surface area contributed by atoms with Crippen molar-refractivity contribution in [3.8, 4) is 0 Å². The minimum Gasteiger partial charge on any atom is -0.310 e. The first-order chi connectivity index (χ1) is 14.7. The third kappa shape index (κ3) is 4.38. The Balaban J connectivity index is 1.52. The number of fused-ring (bicyclic) bond motifs is 2. The molecular weight excluding hydrogens is 429 g/mol. The molecule has 1 saturated carbocycles. The van der Waals surface area contributed by atoms with E-state index in [1.165, 1.54) is 25.7 Å². The number of carbonyl (C=O) groups excluding carboxylic acids is 1. The molecular formula is C25H37Cl2N3O. The summed E-state index contributed by atoms with van der Waals surface area (Å²) in [7, 11) is 4.08. The SMILES string of the molecule is CC(C)C1CCC(N2CCC3(CC2)C(=O)N(CCN(C)C)c2cc(Cl)c(Cl)cc23)CC1. The summed E-state index contributed by atoms with van der Waals surface area (Å²) < 4.78 is 0. The monoisotopic (exact) mass is 465 g/mol. The van der Waals surface area contributed by atoms with Crippen LogP contribution in [0.5, 0.6) is 0 Å². The first kappa shape index (κ1) is 23.4. The van der Waals surface area contributed by atoms with Crippen LogP contribution < -0.4 is 4.90 Å². The molecule has 2 heterocycles. The van der Waals surface area contributed by atoms with E-state index in [1.54, 1.807) is 0 Å². The average Bonchev–Trinajstić information content (AvgIpc) is 2.95. The van der Waals surface area contributed by atoms with Crippen molar-refractivity contribution in [3.63, 3.8) is 0 Å². The number of halogens is 2. The van der Waals surface area contributed by atoms with E-state index in [9.17, 15) is 4.79 Å². The number of nitrogens with zero attached hydrogens (tertiary/aromatic N) is 3. The van der Waals surface area contributed by atoms with E-state index in [1.807, 2.05) is 31.1 Å². The molecule has 172 valence electrons. The number of amides is 1. The molecule has 3 aliphatic rings. The number of benzene rings is 1. The van der Waals surface area contributed by atoms with Crippen LogP contribution in [0.25, 0.3) is 0 Å². The Hall–Kier alpha value is -0.810. The zero-order chi connectivity index (χ0) is 22.3. The second kappa shape index (κ2) is 9.21. The standard InChI is InChI=1S/C25H37Cl2N3O/c1-17(2)18-5-7-19(8-6-18)29-11-9-25(10-12-29)20-15-21(26)22(27)16-23(20)30(24(25)31)14-13-28(3)4/h15-19H,5-14H2,1-4H3. The van der Waals surface area contributed by atoms with Gasteiger partial charge in [0.15, 0.2) is 0 Å². The molecule has 2 aliphatic heterocycles. The lowest BCUT2D eigenvalue weighted by Crippen LogP contribution is -2.52. The van der Waals surface area contributed by atoms with E-state index in [0.717, 1.165) is 55.6 Å². The van der Waals surface area contributed by atoms with Crippen molar-refractivity contribution in [1.82, 2.24) is 9.80 Å². The van der Waals surface area contributed by atoms with Crippen LogP contribution in [0.1, 0.15) is 57.9 Å². The van der Waals surface area contributed by atoms with Crippen LogP contribution in [0, 0.1) is 11.8 Å². The van der Waals surface area contributed by atoms with Crippen molar-refractivity contribution in [3.05, 3.63) is 27.7 Å². The van der Waals surface area contributed by atoms with Crippen molar-refractivity contribution < 1.29 is 4.79 Å². The molecule has 1 aromatic carbocycles. The van der Waals surface area contributed by atoms with Crippen LogP contribution >= 0.6 is 23.2 Å². The van der Waals surface area contributed by atoms with Crippen molar-refractivity contribution in [2.24, 2.45) is 11.8 Å². The lowest BCUT2D eigenvalue weighted by Gasteiger charge is -2.44. The lowest BCUT2D eigenvalue weighted by molar-refractivity contribution is -0.125. The molecule has 1 aliphatic carbocycles. The van der Waals surface area contributed by atoms with E-state index in [-0.39, 0.29) is 5.91 Å². The summed E-state index contributed by atoms with van der Waals surface area (Å²) in [4.78, 5) is 20.5. The molecule has 0 N–H and O–H groups in total. The van der Waals surface area contributed by atoms with Gasteiger partial charge in [0.1, 0.15) is 0 Å². The maximum absolute atomic E-state index is 13.8. The lowest BCUT2D eigenvalue weighted by atomic mass is 9.72. The number of hydrogen-bond donors (Lipinski definition) is 0. The van der Waals surface area contributed by atoms with E-state index in [2.05, 4.69) is 23.6 Å². The maximum Gasteiger partial charge on any atom is 0.237 e. The van der Waals surface area contributed by atoms with Gasteiger partial charge in [-0.1, -0.05) is 37.0 Å². The minimum atomic E-state index is -0.443. The van der Waals surface area contributed by atoms with Crippen LogP contribution in [0.4, 0.5) is 5.69 Å². The Morgan fingerprint density at radius 3 is 2.26 bits per heavy atom. The molecule has 1 amide bonds. The molecule has 1 saturated heterocycles. The predicted molar refractivity (Wildman–Crippen MR) is 130 cm³/mol. The molecule has 0 unspecified atom stereocenters. The fourth-order valence-electron chi connectivity index (χ4n) is 6.04. The van der Waals surface area contributed by atoms with Crippen LogP contribution in [-0.2, 0) is 10.2 Å². The molecule has 4 nitrogen and oxygen atoms in total. The Morgan fingerprint density at radius 2 is 1.68 bits per heavy atom. The van der Waals surface area contributed by atoms with Crippen molar-refractivity contribution in [2.45, 2.75) is 63.8 Å². The summed E-state index contributed by atoms with van der Waals surface area (Å²) in [6.07, 6.45) is 7.04. The van der Waals surface area contributed by atoms with Crippen LogP contribution in [-0.4, -0.2) is 62.0 Å². The molecule has 1 aromatic rings. The summed E-state index contributed by atoms with van der Waals surface area (Å²) in [5.74, 6) is 1.92. The molecule has 0 bridgehead atoms. The predicted octanol–water partition coefficient (Wildman–Crippen LogP) is 5.45. The van der Waals surface area contributed by atoms with Gasteiger partial charge in [0, 0.05) is 24.8 Å². The molecule has 4 rings (SSSR count). The van der Waals surface area contributed by atoms with Crippen LogP contribution in [0.3, 0.4) is 0 Å². The number of piperidine rings is 1. The highest BCUT2D eigenvalue weighted by Crippen LogP contribution is 2.50. The average molecular weight is 466 g/mol. The van der Waals surface area contributed by atoms with Crippen LogP contribution in [0.2, 0.25) is 10.0 Å². The van der Waals surface area contributed by atoms with Gasteiger partial charge in [0.2, 0.25) is 5.91 Å².